The summed E-state index contributed by atoms with van der Waals surface area (Å²) in [7, 11) is -4.51. The quantitative estimate of drug-likeness (QED) is 0.545. The van der Waals surface area contributed by atoms with Gasteiger partial charge >= 0.3 is 12.1 Å². The molecule has 0 radical (unpaired) electrons. The number of hydrogen-bond donors (Lipinski definition) is 1. The van der Waals surface area contributed by atoms with Crippen molar-refractivity contribution in [2.75, 3.05) is 11.4 Å². The fourth-order valence-electron chi connectivity index (χ4n) is 4.13. The monoisotopic (exact) mass is 513 g/mol. The highest BCUT2D eigenvalue weighted by Crippen LogP contribution is 2.39. The maximum Gasteiger partial charge on any atom is 0.417 e. The molecule has 7 nitrogen and oxygen atoms in total. The van der Waals surface area contributed by atoms with Crippen molar-refractivity contribution in [1.82, 2.24) is 9.78 Å². The van der Waals surface area contributed by atoms with Gasteiger partial charge in [-0.2, -0.15) is 18.3 Å². The first-order valence-corrected chi connectivity index (χ1v) is 12.0. The van der Waals surface area contributed by atoms with Crippen LogP contribution in [0.2, 0.25) is 5.02 Å². The van der Waals surface area contributed by atoms with Gasteiger partial charge in [-0.25, -0.2) is 17.9 Å². The lowest BCUT2D eigenvalue weighted by molar-refractivity contribution is -0.140. The molecule has 34 heavy (non-hydrogen) atoms. The molecule has 180 valence electrons. The molecule has 2 aromatic carbocycles. The van der Waals surface area contributed by atoms with Crippen molar-refractivity contribution >= 4 is 33.2 Å². The molecule has 0 saturated carbocycles. The minimum atomic E-state index is -4.88. The predicted octanol–water partition coefficient (Wildman–Crippen LogP) is 4.36. The summed E-state index contributed by atoms with van der Waals surface area (Å²) in [6.45, 7) is 1.36. The van der Waals surface area contributed by atoms with E-state index in [0.29, 0.717) is 28.3 Å². The molecule has 1 saturated heterocycles. The smallest absolute Gasteiger partial charge is 0.417 e. The number of nitrogens with zero attached hydrogens (tertiary/aromatic N) is 3. The first-order valence-electron chi connectivity index (χ1n) is 10.1. The van der Waals surface area contributed by atoms with E-state index in [1.54, 1.807) is 37.3 Å². The number of hydrogen-bond acceptors (Lipinski definition) is 5. The van der Waals surface area contributed by atoms with Crippen molar-refractivity contribution in [1.29, 1.82) is 0 Å². The Morgan fingerprint density at radius 2 is 1.85 bits per heavy atom. The summed E-state index contributed by atoms with van der Waals surface area (Å²) in [6, 6.07) is 10.9. The zero-order valence-electron chi connectivity index (χ0n) is 17.7. The fraction of sp³-hybridized carbons (Fsp3) is 0.273. The molecule has 1 fully saturated rings. The van der Waals surface area contributed by atoms with Gasteiger partial charge in [0.25, 0.3) is 0 Å². The predicted molar refractivity (Wildman–Crippen MR) is 119 cm³/mol. The first kappa shape index (κ1) is 24.1. The van der Waals surface area contributed by atoms with Crippen molar-refractivity contribution in [3.05, 3.63) is 70.9 Å². The van der Waals surface area contributed by atoms with Crippen LogP contribution in [-0.2, 0) is 20.8 Å². The second kappa shape index (κ2) is 8.62. The van der Waals surface area contributed by atoms with E-state index in [2.05, 4.69) is 5.10 Å². The molecule has 1 aliphatic rings. The molecule has 0 amide bonds. The van der Waals surface area contributed by atoms with E-state index in [4.69, 9.17) is 11.6 Å². The van der Waals surface area contributed by atoms with Gasteiger partial charge in [0.1, 0.15) is 11.9 Å². The summed E-state index contributed by atoms with van der Waals surface area (Å²) in [5, 5.41) is 13.2. The number of alkyl halides is 3. The van der Waals surface area contributed by atoms with Crippen molar-refractivity contribution in [2.45, 2.75) is 35.7 Å². The van der Waals surface area contributed by atoms with Crippen molar-refractivity contribution in [3.63, 3.8) is 0 Å². The number of carbonyl (C=O) groups is 1. The van der Waals surface area contributed by atoms with Gasteiger partial charge in [0.15, 0.2) is 9.84 Å². The van der Waals surface area contributed by atoms with Gasteiger partial charge in [0.2, 0.25) is 0 Å². The van der Waals surface area contributed by atoms with Crippen LogP contribution in [0, 0.1) is 6.92 Å². The number of aromatic nitrogens is 2. The number of benzene rings is 2. The third kappa shape index (κ3) is 4.37. The lowest BCUT2D eigenvalue weighted by Gasteiger charge is -2.24. The van der Waals surface area contributed by atoms with Crippen LogP contribution in [0.4, 0.5) is 19.0 Å². The van der Waals surface area contributed by atoms with Crippen LogP contribution >= 0.6 is 11.6 Å². The Hall–Kier alpha value is -3.05. The maximum atomic E-state index is 13.5. The normalized spacial score (nSPS) is 18.9. The Morgan fingerprint density at radius 1 is 1.15 bits per heavy atom. The largest absolute Gasteiger partial charge is 0.480 e. The number of carboxylic acid groups (broad SMARTS) is 1. The molecule has 0 spiro atoms. The van der Waals surface area contributed by atoms with Crippen LogP contribution in [0.1, 0.15) is 17.7 Å². The molecule has 1 aliphatic heterocycles. The molecule has 0 bridgehead atoms. The maximum absolute atomic E-state index is 13.5. The van der Waals surface area contributed by atoms with E-state index >= 15 is 0 Å². The highest BCUT2D eigenvalue weighted by atomic mass is 35.5. The second-order valence-electron chi connectivity index (χ2n) is 7.94. The number of rotatable bonds is 5. The minimum Gasteiger partial charge on any atom is -0.480 e. The molecule has 3 aromatic rings. The summed E-state index contributed by atoms with van der Waals surface area (Å²) >= 11 is 6.08. The van der Waals surface area contributed by atoms with Crippen LogP contribution in [0.3, 0.4) is 0 Å². The minimum absolute atomic E-state index is 0.300. The van der Waals surface area contributed by atoms with Gasteiger partial charge in [-0.05, 0) is 43.7 Å². The standard InChI is InChI=1S/C22H19ClF3N3O4S/c1-13-9-20(29(27-13)15-6-4-5-14(23)10-15)28-12-16(11-18(28)21(30)31)34(32,33)19-8-3-2-7-17(19)22(24,25)26/h2-10,16,18H,11-12H2,1H3,(H,30,31)/t16-,18-/m1/s1. The van der Waals surface area contributed by atoms with E-state index in [1.165, 1.54) is 15.6 Å². The Kier molecular flexibility index (Phi) is 6.11. The Labute approximate surface area is 198 Å². The van der Waals surface area contributed by atoms with E-state index < -0.39 is 43.7 Å². The Balaban J connectivity index is 1.77. The summed E-state index contributed by atoms with van der Waals surface area (Å²) in [6.07, 6.45) is -5.26. The topological polar surface area (TPSA) is 92.5 Å². The summed E-state index contributed by atoms with van der Waals surface area (Å²) < 4.78 is 68.5. The summed E-state index contributed by atoms with van der Waals surface area (Å²) in [5.41, 5.74) is -0.221. The third-order valence-corrected chi connectivity index (χ3v) is 8.07. The number of aliphatic carboxylic acids is 1. The molecule has 2 heterocycles. The first-order chi connectivity index (χ1) is 15.9. The summed E-state index contributed by atoms with van der Waals surface area (Å²) in [4.78, 5) is 12.5. The number of anilines is 1. The second-order valence-corrected chi connectivity index (χ2v) is 10.6. The molecule has 1 aromatic heterocycles. The lowest BCUT2D eigenvalue weighted by atomic mass is 10.2. The van der Waals surface area contributed by atoms with E-state index in [1.807, 2.05) is 0 Å². The van der Waals surface area contributed by atoms with Gasteiger partial charge in [-0.1, -0.05) is 29.8 Å². The average Bonchev–Trinajstić information content (AvgIpc) is 3.37. The van der Waals surface area contributed by atoms with Gasteiger partial charge < -0.3 is 10.0 Å². The van der Waals surface area contributed by atoms with E-state index in [9.17, 15) is 31.5 Å². The number of sulfone groups is 1. The van der Waals surface area contributed by atoms with Crippen LogP contribution in [0.15, 0.2) is 59.5 Å². The molecule has 4 rings (SSSR count). The van der Waals surface area contributed by atoms with E-state index in [0.717, 1.165) is 12.1 Å². The zero-order valence-corrected chi connectivity index (χ0v) is 19.3. The fourth-order valence-corrected chi connectivity index (χ4v) is 6.22. The van der Waals surface area contributed by atoms with Crippen molar-refractivity contribution in [3.8, 4) is 5.69 Å². The van der Waals surface area contributed by atoms with Crippen LogP contribution in [-0.4, -0.2) is 47.1 Å². The SMILES string of the molecule is Cc1cc(N2C[C@H](S(=O)(=O)c3ccccc3C(F)(F)F)C[C@@H]2C(=O)O)n(-c2cccc(Cl)c2)n1. The zero-order chi connectivity index (χ0) is 24.8. The molecule has 0 aliphatic carbocycles. The van der Waals surface area contributed by atoms with Crippen LogP contribution in [0.5, 0.6) is 0 Å². The Morgan fingerprint density at radius 3 is 2.50 bits per heavy atom. The van der Waals surface area contributed by atoms with Gasteiger partial charge in [0, 0.05) is 17.6 Å². The molecular formula is C22H19ClF3N3O4S. The number of halogens is 4. The van der Waals surface area contributed by atoms with Crippen molar-refractivity contribution < 1.29 is 31.5 Å². The molecular weight excluding hydrogens is 495 g/mol. The van der Waals surface area contributed by atoms with Crippen LogP contribution < -0.4 is 4.90 Å². The molecule has 0 unspecified atom stereocenters. The van der Waals surface area contributed by atoms with Gasteiger partial charge in [-0.3, -0.25) is 0 Å². The van der Waals surface area contributed by atoms with Gasteiger partial charge in [-0.15, -0.1) is 0 Å². The van der Waals surface area contributed by atoms with E-state index in [-0.39, 0.29) is 13.0 Å². The highest BCUT2D eigenvalue weighted by Gasteiger charge is 2.47. The lowest BCUT2D eigenvalue weighted by Crippen LogP contribution is -2.37. The van der Waals surface area contributed by atoms with Crippen molar-refractivity contribution in [2.24, 2.45) is 0 Å². The molecule has 12 heteroatoms. The summed E-state index contributed by atoms with van der Waals surface area (Å²) in [5.74, 6) is -0.993. The number of aryl methyl sites for hydroxylation is 1. The average molecular weight is 514 g/mol. The highest BCUT2D eigenvalue weighted by molar-refractivity contribution is 7.92. The molecule has 2 atom stereocenters. The third-order valence-electron chi connectivity index (χ3n) is 5.65. The van der Waals surface area contributed by atoms with Crippen LogP contribution in [0.25, 0.3) is 5.69 Å². The Bertz CT molecular complexity index is 1360. The van der Waals surface area contributed by atoms with Gasteiger partial charge in [0.05, 0.1) is 27.1 Å². The number of carboxylic acids is 1. The molecule has 1 N–H and O–H groups in total.